The summed E-state index contributed by atoms with van der Waals surface area (Å²) in [6, 6.07) is 18.0. The van der Waals surface area contributed by atoms with Gasteiger partial charge in [0.15, 0.2) is 5.75 Å². The zero-order valence-corrected chi connectivity index (χ0v) is 13.0. The van der Waals surface area contributed by atoms with Gasteiger partial charge in [0.05, 0.1) is 12.8 Å². The Hall–Kier alpha value is -2.92. The van der Waals surface area contributed by atoms with Gasteiger partial charge in [0.2, 0.25) is 0 Å². The summed E-state index contributed by atoms with van der Waals surface area (Å²) < 4.78 is 0. The molecule has 3 aromatic rings. The SMILES string of the molecule is O=c1[nH]c(CC(CO)c2ccc(-c3ccccc3)cc2)ncc1O. The summed E-state index contributed by atoms with van der Waals surface area (Å²) in [5.41, 5.74) is 2.63. The number of H-pyrrole nitrogens is 1. The summed E-state index contributed by atoms with van der Waals surface area (Å²) in [5, 5.41) is 18.9. The first-order valence-electron chi connectivity index (χ1n) is 7.71. The van der Waals surface area contributed by atoms with Gasteiger partial charge in [-0.1, -0.05) is 54.6 Å². The van der Waals surface area contributed by atoms with Crippen LogP contribution in [0, 0.1) is 0 Å². The highest BCUT2D eigenvalue weighted by molar-refractivity contribution is 5.63. The van der Waals surface area contributed by atoms with Crippen molar-refractivity contribution in [2.24, 2.45) is 0 Å². The number of benzene rings is 2. The monoisotopic (exact) mass is 322 g/mol. The fourth-order valence-corrected chi connectivity index (χ4v) is 2.63. The highest BCUT2D eigenvalue weighted by Crippen LogP contribution is 2.24. The predicted molar refractivity (Wildman–Crippen MR) is 91.9 cm³/mol. The minimum Gasteiger partial charge on any atom is -0.502 e. The van der Waals surface area contributed by atoms with Gasteiger partial charge in [0, 0.05) is 12.3 Å². The highest BCUT2D eigenvalue weighted by atomic mass is 16.3. The van der Waals surface area contributed by atoms with E-state index in [4.69, 9.17) is 0 Å². The van der Waals surface area contributed by atoms with Gasteiger partial charge >= 0.3 is 0 Å². The van der Waals surface area contributed by atoms with Crippen molar-refractivity contribution in [3.8, 4) is 16.9 Å². The second-order valence-corrected chi connectivity index (χ2v) is 5.62. The number of aliphatic hydroxyl groups is 1. The molecule has 1 heterocycles. The Bertz CT molecular complexity index is 858. The number of aliphatic hydroxyl groups excluding tert-OH is 1. The number of hydrogen-bond donors (Lipinski definition) is 3. The molecule has 2 aromatic carbocycles. The van der Waals surface area contributed by atoms with E-state index < -0.39 is 11.3 Å². The summed E-state index contributed by atoms with van der Waals surface area (Å²) in [6.07, 6.45) is 1.51. The highest BCUT2D eigenvalue weighted by Gasteiger charge is 2.14. The van der Waals surface area contributed by atoms with Crippen LogP contribution in [0.15, 0.2) is 65.6 Å². The van der Waals surface area contributed by atoms with Crippen LogP contribution in [0.1, 0.15) is 17.3 Å². The van der Waals surface area contributed by atoms with E-state index >= 15 is 0 Å². The smallest absolute Gasteiger partial charge is 0.293 e. The molecule has 0 saturated carbocycles. The molecule has 0 saturated heterocycles. The lowest BCUT2D eigenvalue weighted by atomic mass is 9.94. The number of rotatable bonds is 5. The van der Waals surface area contributed by atoms with Crippen LogP contribution < -0.4 is 5.56 Å². The molecule has 122 valence electrons. The summed E-state index contributed by atoms with van der Waals surface area (Å²) in [6.45, 7) is -0.0602. The molecule has 0 bridgehead atoms. The molecule has 5 heteroatoms. The van der Waals surface area contributed by atoms with Crippen LogP contribution in [-0.4, -0.2) is 26.8 Å². The first-order valence-corrected chi connectivity index (χ1v) is 7.71. The van der Waals surface area contributed by atoms with Gasteiger partial charge in [-0.25, -0.2) is 4.98 Å². The van der Waals surface area contributed by atoms with Gasteiger partial charge in [-0.2, -0.15) is 0 Å². The first-order chi connectivity index (χ1) is 11.7. The number of aromatic hydroxyl groups is 1. The molecular formula is C19H18N2O3. The normalized spacial score (nSPS) is 12.0. The number of nitrogens with one attached hydrogen (secondary N) is 1. The second kappa shape index (κ2) is 7.10. The van der Waals surface area contributed by atoms with Gasteiger partial charge < -0.3 is 15.2 Å². The van der Waals surface area contributed by atoms with Crippen LogP contribution in [0.25, 0.3) is 11.1 Å². The molecule has 0 amide bonds. The van der Waals surface area contributed by atoms with Crippen LogP contribution >= 0.6 is 0 Å². The fraction of sp³-hybridized carbons (Fsp3) is 0.158. The maximum Gasteiger partial charge on any atom is 0.293 e. The Labute approximate surface area is 139 Å². The molecule has 0 fully saturated rings. The van der Waals surface area contributed by atoms with E-state index in [0.717, 1.165) is 22.9 Å². The van der Waals surface area contributed by atoms with E-state index in [-0.39, 0.29) is 12.5 Å². The molecule has 0 aliphatic carbocycles. The molecule has 5 nitrogen and oxygen atoms in total. The van der Waals surface area contributed by atoms with Crippen molar-refractivity contribution in [1.82, 2.24) is 9.97 Å². The summed E-state index contributed by atoms with van der Waals surface area (Å²) in [7, 11) is 0. The van der Waals surface area contributed by atoms with E-state index in [1.807, 2.05) is 54.6 Å². The third-order valence-electron chi connectivity index (χ3n) is 3.98. The predicted octanol–water partition coefficient (Wildman–Crippen LogP) is 2.46. The number of nitrogens with zero attached hydrogens (tertiary/aromatic N) is 1. The molecule has 1 unspecified atom stereocenters. The van der Waals surface area contributed by atoms with Gasteiger partial charge in [0.25, 0.3) is 5.56 Å². The average molecular weight is 322 g/mol. The maximum atomic E-state index is 11.4. The van der Waals surface area contributed by atoms with Crippen molar-refractivity contribution < 1.29 is 10.2 Å². The van der Waals surface area contributed by atoms with Gasteiger partial charge in [0.1, 0.15) is 5.82 Å². The Morgan fingerprint density at radius 1 is 1.00 bits per heavy atom. The van der Waals surface area contributed by atoms with E-state index in [2.05, 4.69) is 9.97 Å². The number of aromatic nitrogens is 2. The molecule has 3 rings (SSSR count). The van der Waals surface area contributed by atoms with E-state index in [1.165, 1.54) is 0 Å². The average Bonchev–Trinajstić information content (AvgIpc) is 2.63. The lowest BCUT2D eigenvalue weighted by molar-refractivity contribution is 0.263. The summed E-state index contributed by atoms with van der Waals surface area (Å²) in [4.78, 5) is 18.0. The Morgan fingerprint density at radius 2 is 1.67 bits per heavy atom. The van der Waals surface area contributed by atoms with Crippen molar-refractivity contribution in [3.63, 3.8) is 0 Å². The van der Waals surface area contributed by atoms with Crippen LogP contribution in [0.4, 0.5) is 0 Å². The molecule has 0 aliphatic rings. The molecule has 1 atom stereocenters. The molecule has 24 heavy (non-hydrogen) atoms. The van der Waals surface area contributed by atoms with Crippen molar-refractivity contribution in [3.05, 3.63) is 82.5 Å². The molecule has 1 aromatic heterocycles. The zero-order chi connectivity index (χ0) is 16.9. The fourth-order valence-electron chi connectivity index (χ4n) is 2.63. The topological polar surface area (TPSA) is 86.2 Å². The van der Waals surface area contributed by atoms with Gasteiger partial charge in [-0.3, -0.25) is 4.79 Å². The molecule has 3 N–H and O–H groups in total. The lowest BCUT2D eigenvalue weighted by Crippen LogP contribution is -2.15. The quantitative estimate of drug-likeness (QED) is 0.673. The van der Waals surface area contributed by atoms with Crippen molar-refractivity contribution in [2.45, 2.75) is 12.3 Å². The lowest BCUT2D eigenvalue weighted by Gasteiger charge is -2.14. The Morgan fingerprint density at radius 3 is 2.29 bits per heavy atom. The number of hydrogen-bond acceptors (Lipinski definition) is 4. The molecule has 0 radical (unpaired) electrons. The minimum absolute atomic E-state index is 0.0602. The van der Waals surface area contributed by atoms with Crippen LogP contribution in [0.3, 0.4) is 0 Å². The third kappa shape index (κ3) is 3.52. The largest absolute Gasteiger partial charge is 0.502 e. The van der Waals surface area contributed by atoms with Crippen molar-refractivity contribution in [1.29, 1.82) is 0 Å². The van der Waals surface area contributed by atoms with Crippen LogP contribution in [-0.2, 0) is 6.42 Å². The summed E-state index contributed by atoms with van der Waals surface area (Å²) >= 11 is 0. The van der Waals surface area contributed by atoms with Crippen LogP contribution in [0.5, 0.6) is 5.75 Å². The summed E-state index contributed by atoms with van der Waals surface area (Å²) in [5.74, 6) is -0.155. The van der Waals surface area contributed by atoms with Gasteiger partial charge in [-0.05, 0) is 16.7 Å². The maximum absolute atomic E-state index is 11.4. The van der Waals surface area contributed by atoms with Crippen molar-refractivity contribution >= 4 is 0 Å². The van der Waals surface area contributed by atoms with Gasteiger partial charge in [-0.15, -0.1) is 0 Å². The minimum atomic E-state index is -0.573. The standard InChI is InChI=1S/C19H18N2O3/c22-12-16(10-18-20-11-17(23)19(24)21-18)15-8-6-14(7-9-15)13-4-2-1-3-5-13/h1-9,11,16,22-23H,10,12H2,(H,20,21,24). The zero-order valence-electron chi connectivity index (χ0n) is 13.0. The second-order valence-electron chi connectivity index (χ2n) is 5.62. The third-order valence-corrected chi connectivity index (χ3v) is 3.98. The van der Waals surface area contributed by atoms with E-state index in [1.54, 1.807) is 0 Å². The van der Waals surface area contributed by atoms with Crippen LogP contribution in [0.2, 0.25) is 0 Å². The van der Waals surface area contributed by atoms with E-state index in [9.17, 15) is 15.0 Å². The first kappa shape index (κ1) is 16.0. The molecule has 0 spiro atoms. The van der Waals surface area contributed by atoms with E-state index in [0.29, 0.717) is 12.2 Å². The van der Waals surface area contributed by atoms with Crippen molar-refractivity contribution in [2.75, 3.05) is 6.61 Å². The molecular weight excluding hydrogens is 304 g/mol. The number of aromatic amines is 1. The molecule has 0 aliphatic heterocycles. The Kier molecular flexibility index (Phi) is 4.72. The Balaban J connectivity index is 1.80.